The SMILES string of the molecule is CCc1noc(C)c1C(=O)N[C@@H]1CC(=O)N(CCc2cccc(Cl)c2)C1. The highest BCUT2D eigenvalue weighted by molar-refractivity contribution is 6.30. The van der Waals surface area contributed by atoms with E-state index >= 15 is 0 Å². The maximum atomic E-state index is 12.5. The standard InChI is InChI=1S/C19H22ClN3O3/c1-3-16-18(12(2)26-22-16)19(25)21-15-10-17(24)23(11-15)8-7-13-5-4-6-14(20)9-13/h4-6,9,15H,3,7-8,10-11H2,1-2H3,(H,21,25)/t15-/m1/s1. The summed E-state index contributed by atoms with van der Waals surface area (Å²) in [6, 6.07) is 7.43. The van der Waals surface area contributed by atoms with E-state index in [4.69, 9.17) is 16.1 Å². The minimum atomic E-state index is -0.227. The lowest BCUT2D eigenvalue weighted by Crippen LogP contribution is -2.38. The molecule has 26 heavy (non-hydrogen) atoms. The number of aryl methyl sites for hydroxylation is 2. The Morgan fingerprint density at radius 2 is 2.27 bits per heavy atom. The van der Waals surface area contributed by atoms with Crippen LogP contribution >= 0.6 is 11.6 Å². The highest BCUT2D eigenvalue weighted by Gasteiger charge is 2.31. The van der Waals surface area contributed by atoms with Crippen LogP contribution in [0.5, 0.6) is 0 Å². The average molecular weight is 376 g/mol. The van der Waals surface area contributed by atoms with E-state index in [0.717, 1.165) is 12.0 Å². The quantitative estimate of drug-likeness (QED) is 0.842. The summed E-state index contributed by atoms with van der Waals surface area (Å²) in [6.07, 6.45) is 1.67. The van der Waals surface area contributed by atoms with Gasteiger partial charge in [0, 0.05) is 24.5 Å². The molecule has 0 bridgehead atoms. The van der Waals surface area contributed by atoms with Gasteiger partial charge >= 0.3 is 0 Å². The molecule has 1 fully saturated rings. The van der Waals surface area contributed by atoms with Gasteiger partial charge in [-0.1, -0.05) is 35.8 Å². The molecule has 1 aromatic heterocycles. The summed E-state index contributed by atoms with van der Waals surface area (Å²) >= 11 is 5.99. The summed E-state index contributed by atoms with van der Waals surface area (Å²) in [5.74, 6) is 0.326. The maximum Gasteiger partial charge on any atom is 0.257 e. The summed E-state index contributed by atoms with van der Waals surface area (Å²) in [6.45, 7) is 4.76. The summed E-state index contributed by atoms with van der Waals surface area (Å²) in [5, 5.41) is 7.54. The van der Waals surface area contributed by atoms with Crippen molar-refractivity contribution in [2.24, 2.45) is 0 Å². The lowest BCUT2D eigenvalue weighted by molar-refractivity contribution is -0.127. The number of likely N-dealkylation sites (tertiary alicyclic amines) is 1. The Labute approximate surface area is 157 Å². The number of rotatable bonds is 6. The Morgan fingerprint density at radius 1 is 1.46 bits per heavy atom. The minimum absolute atomic E-state index is 0.0510. The molecule has 3 rings (SSSR count). The minimum Gasteiger partial charge on any atom is -0.361 e. The average Bonchev–Trinajstić information content (AvgIpc) is 3.15. The molecule has 1 saturated heterocycles. The molecule has 2 heterocycles. The second-order valence-electron chi connectivity index (χ2n) is 6.51. The van der Waals surface area contributed by atoms with Gasteiger partial charge in [-0.3, -0.25) is 9.59 Å². The molecule has 1 aliphatic rings. The molecule has 1 aromatic carbocycles. The van der Waals surface area contributed by atoms with Crippen LogP contribution in [0.25, 0.3) is 0 Å². The summed E-state index contributed by atoms with van der Waals surface area (Å²) in [5.41, 5.74) is 2.21. The highest BCUT2D eigenvalue weighted by Crippen LogP contribution is 2.17. The van der Waals surface area contributed by atoms with Gasteiger partial charge in [0.15, 0.2) is 0 Å². The molecule has 2 aromatic rings. The first-order valence-electron chi connectivity index (χ1n) is 8.76. The van der Waals surface area contributed by atoms with Crippen molar-refractivity contribution in [2.75, 3.05) is 13.1 Å². The third kappa shape index (κ3) is 4.07. The molecular weight excluding hydrogens is 354 g/mol. The number of halogens is 1. The molecule has 7 heteroatoms. The molecule has 2 amide bonds. The number of nitrogens with one attached hydrogen (secondary N) is 1. The first-order valence-corrected chi connectivity index (χ1v) is 9.14. The van der Waals surface area contributed by atoms with Gasteiger partial charge in [0.05, 0.1) is 11.7 Å². The molecule has 0 unspecified atom stereocenters. The number of amides is 2. The monoisotopic (exact) mass is 375 g/mol. The second-order valence-corrected chi connectivity index (χ2v) is 6.94. The number of carbonyl (C=O) groups excluding carboxylic acids is 2. The lowest BCUT2D eigenvalue weighted by Gasteiger charge is -2.17. The second kappa shape index (κ2) is 7.91. The van der Waals surface area contributed by atoms with Crippen molar-refractivity contribution in [1.29, 1.82) is 0 Å². The van der Waals surface area contributed by atoms with E-state index in [2.05, 4.69) is 10.5 Å². The lowest BCUT2D eigenvalue weighted by atomic mass is 10.1. The normalized spacial score (nSPS) is 17.0. The van der Waals surface area contributed by atoms with E-state index in [1.807, 2.05) is 31.2 Å². The number of hydrogen-bond acceptors (Lipinski definition) is 4. The fraction of sp³-hybridized carbons (Fsp3) is 0.421. The van der Waals surface area contributed by atoms with Crippen LogP contribution in [-0.2, 0) is 17.6 Å². The van der Waals surface area contributed by atoms with E-state index in [-0.39, 0.29) is 17.9 Å². The van der Waals surface area contributed by atoms with Gasteiger partial charge in [0.2, 0.25) is 5.91 Å². The van der Waals surface area contributed by atoms with Crippen molar-refractivity contribution in [3.05, 3.63) is 51.9 Å². The van der Waals surface area contributed by atoms with Crippen LogP contribution in [0.4, 0.5) is 0 Å². The Bertz CT molecular complexity index is 818. The predicted molar refractivity (Wildman–Crippen MR) is 98.2 cm³/mol. The molecule has 1 atom stereocenters. The van der Waals surface area contributed by atoms with Gasteiger partial charge < -0.3 is 14.7 Å². The third-order valence-corrected chi connectivity index (χ3v) is 4.84. The van der Waals surface area contributed by atoms with Crippen molar-refractivity contribution < 1.29 is 14.1 Å². The van der Waals surface area contributed by atoms with Crippen molar-refractivity contribution in [3.63, 3.8) is 0 Å². The number of aromatic nitrogens is 1. The zero-order valence-corrected chi connectivity index (χ0v) is 15.7. The van der Waals surface area contributed by atoms with E-state index in [1.165, 1.54) is 0 Å². The fourth-order valence-electron chi connectivity index (χ4n) is 3.25. The number of hydrogen-bond donors (Lipinski definition) is 1. The molecule has 0 spiro atoms. The molecule has 6 nitrogen and oxygen atoms in total. The van der Waals surface area contributed by atoms with E-state index in [1.54, 1.807) is 11.8 Å². The summed E-state index contributed by atoms with van der Waals surface area (Å²) < 4.78 is 5.11. The van der Waals surface area contributed by atoms with Crippen LogP contribution in [0.1, 0.15) is 40.7 Å². The van der Waals surface area contributed by atoms with Crippen LogP contribution in [0.3, 0.4) is 0 Å². The molecule has 138 valence electrons. The van der Waals surface area contributed by atoms with Crippen molar-refractivity contribution in [3.8, 4) is 0 Å². The van der Waals surface area contributed by atoms with Crippen LogP contribution in [-0.4, -0.2) is 41.0 Å². The van der Waals surface area contributed by atoms with Crippen molar-refractivity contribution in [1.82, 2.24) is 15.4 Å². The zero-order valence-electron chi connectivity index (χ0n) is 14.9. The fourth-order valence-corrected chi connectivity index (χ4v) is 3.46. The molecular formula is C19H22ClN3O3. The Balaban J connectivity index is 1.57. The first kappa shape index (κ1) is 18.5. The third-order valence-electron chi connectivity index (χ3n) is 4.60. The van der Waals surface area contributed by atoms with Crippen LogP contribution in [0.2, 0.25) is 5.02 Å². The van der Waals surface area contributed by atoms with Crippen LogP contribution in [0, 0.1) is 6.92 Å². The van der Waals surface area contributed by atoms with Gasteiger partial charge in [-0.15, -0.1) is 0 Å². The summed E-state index contributed by atoms with van der Waals surface area (Å²) in [4.78, 5) is 26.6. The van der Waals surface area contributed by atoms with Gasteiger partial charge in [-0.25, -0.2) is 0 Å². The smallest absolute Gasteiger partial charge is 0.257 e. The van der Waals surface area contributed by atoms with Gasteiger partial charge in [0.25, 0.3) is 5.91 Å². The van der Waals surface area contributed by atoms with Gasteiger partial charge in [-0.2, -0.15) is 0 Å². The van der Waals surface area contributed by atoms with E-state index < -0.39 is 0 Å². The molecule has 0 aliphatic carbocycles. The van der Waals surface area contributed by atoms with Crippen molar-refractivity contribution in [2.45, 2.75) is 39.2 Å². The number of carbonyl (C=O) groups is 2. The summed E-state index contributed by atoms with van der Waals surface area (Å²) in [7, 11) is 0. The Hall–Kier alpha value is -2.34. The number of nitrogens with zero attached hydrogens (tertiary/aromatic N) is 2. The van der Waals surface area contributed by atoms with Crippen LogP contribution in [0.15, 0.2) is 28.8 Å². The molecule has 0 saturated carbocycles. The van der Waals surface area contributed by atoms with Crippen molar-refractivity contribution >= 4 is 23.4 Å². The highest BCUT2D eigenvalue weighted by atomic mass is 35.5. The predicted octanol–water partition coefficient (Wildman–Crippen LogP) is 2.77. The van der Waals surface area contributed by atoms with Gasteiger partial charge in [-0.05, 0) is 37.5 Å². The maximum absolute atomic E-state index is 12.5. The largest absolute Gasteiger partial charge is 0.361 e. The topological polar surface area (TPSA) is 75.4 Å². The molecule has 0 radical (unpaired) electrons. The molecule has 1 aliphatic heterocycles. The number of benzene rings is 1. The Morgan fingerprint density at radius 3 is 3.00 bits per heavy atom. The zero-order chi connectivity index (χ0) is 18.7. The Kier molecular flexibility index (Phi) is 5.61. The van der Waals surface area contributed by atoms with Crippen LogP contribution < -0.4 is 5.32 Å². The van der Waals surface area contributed by atoms with E-state index in [0.29, 0.717) is 48.0 Å². The molecule has 1 N–H and O–H groups in total. The van der Waals surface area contributed by atoms with Gasteiger partial charge in [0.1, 0.15) is 11.3 Å². The first-order chi connectivity index (χ1) is 12.5. The van der Waals surface area contributed by atoms with E-state index in [9.17, 15) is 9.59 Å².